The van der Waals surface area contributed by atoms with Gasteiger partial charge >= 0.3 is 5.63 Å². The van der Waals surface area contributed by atoms with Crippen LogP contribution in [0.4, 0.5) is 0 Å². The lowest BCUT2D eigenvalue weighted by Gasteiger charge is -2.14. The highest BCUT2D eigenvalue weighted by Gasteiger charge is 2.17. The molecular formula is C27H27N3O6S. The third kappa shape index (κ3) is 5.86. The van der Waals surface area contributed by atoms with Crippen molar-refractivity contribution in [3.63, 3.8) is 0 Å². The Labute approximate surface area is 216 Å². The Morgan fingerprint density at radius 1 is 1.16 bits per heavy atom. The van der Waals surface area contributed by atoms with Crippen molar-refractivity contribution >= 4 is 39.5 Å². The summed E-state index contributed by atoms with van der Waals surface area (Å²) in [7, 11) is 0. The summed E-state index contributed by atoms with van der Waals surface area (Å²) in [6, 6.07) is 13.2. The Balaban J connectivity index is 1.35. The van der Waals surface area contributed by atoms with E-state index in [9.17, 15) is 19.5 Å². The largest absolute Gasteiger partial charge is 0.508 e. The molecular weight excluding hydrogens is 494 g/mol. The molecule has 10 heteroatoms. The van der Waals surface area contributed by atoms with Crippen LogP contribution in [0.25, 0.3) is 21.9 Å². The summed E-state index contributed by atoms with van der Waals surface area (Å²) in [6.45, 7) is 1.58. The number of thioether (sulfide) groups is 1. The monoisotopic (exact) mass is 521 g/mol. The first-order valence-corrected chi connectivity index (χ1v) is 13.2. The van der Waals surface area contributed by atoms with E-state index in [4.69, 9.17) is 14.1 Å². The molecule has 3 heterocycles. The van der Waals surface area contributed by atoms with Gasteiger partial charge in [0.25, 0.3) is 5.56 Å². The van der Waals surface area contributed by atoms with Gasteiger partial charge < -0.3 is 19.6 Å². The summed E-state index contributed by atoms with van der Waals surface area (Å²) in [5.74, 6) is 0.294. The second kappa shape index (κ2) is 11.2. The number of aromatic hydroxyl groups is 1. The first-order valence-electron chi connectivity index (χ1n) is 12.2. The van der Waals surface area contributed by atoms with Crippen molar-refractivity contribution in [3.05, 3.63) is 74.9 Å². The number of benzene rings is 2. The van der Waals surface area contributed by atoms with Crippen molar-refractivity contribution in [2.24, 2.45) is 0 Å². The summed E-state index contributed by atoms with van der Waals surface area (Å²) in [5, 5.41) is 14.4. The summed E-state index contributed by atoms with van der Waals surface area (Å²) < 4.78 is 12.4. The Morgan fingerprint density at radius 2 is 2.03 bits per heavy atom. The zero-order valence-electron chi connectivity index (χ0n) is 20.1. The molecule has 1 fully saturated rings. The van der Waals surface area contributed by atoms with Crippen LogP contribution in [0.15, 0.2) is 67.7 Å². The lowest BCUT2D eigenvalue weighted by molar-refractivity contribution is -0.121. The smallest absolute Gasteiger partial charge is 0.336 e. The predicted octanol–water partition coefficient (Wildman–Crippen LogP) is 3.58. The molecule has 1 aliphatic heterocycles. The van der Waals surface area contributed by atoms with Crippen LogP contribution in [0.2, 0.25) is 0 Å². The number of carbonyl (C=O) groups is 1. The van der Waals surface area contributed by atoms with E-state index in [2.05, 4.69) is 5.32 Å². The van der Waals surface area contributed by atoms with Gasteiger partial charge in [0.1, 0.15) is 11.3 Å². The number of rotatable bonds is 9. The fourth-order valence-corrected chi connectivity index (χ4v) is 5.47. The van der Waals surface area contributed by atoms with Crippen molar-refractivity contribution in [2.75, 3.05) is 13.2 Å². The van der Waals surface area contributed by atoms with Crippen molar-refractivity contribution in [2.45, 2.75) is 49.2 Å². The molecule has 1 amide bonds. The fourth-order valence-electron chi connectivity index (χ4n) is 4.45. The Kier molecular flexibility index (Phi) is 7.57. The summed E-state index contributed by atoms with van der Waals surface area (Å²) >= 11 is 1.33. The molecule has 0 spiro atoms. The molecule has 1 atom stereocenters. The fraction of sp³-hybridized carbons (Fsp3) is 0.333. The van der Waals surface area contributed by atoms with Gasteiger partial charge in [-0.2, -0.15) is 0 Å². The van der Waals surface area contributed by atoms with Crippen LogP contribution < -0.4 is 16.5 Å². The highest BCUT2D eigenvalue weighted by Crippen LogP contribution is 2.28. The van der Waals surface area contributed by atoms with E-state index in [0.717, 1.165) is 19.4 Å². The highest BCUT2D eigenvalue weighted by atomic mass is 32.2. The quantitative estimate of drug-likeness (QED) is 0.195. The number of hydrogen-bond acceptors (Lipinski definition) is 8. The summed E-state index contributed by atoms with van der Waals surface area (Å²) in [6.07, 6.45) is 2.81. The van der Waals surface area contributed by atoms with Gasteiger partial charge in [0.05, 0.1) is 17.0 Å². The lowest BCUT2D eigenvalue weighted by atomic mass is 10.1. The topological polar surface area (TPSA) is 124 Å². The molecule has 0 saturated carbocycles. The SMILES string of the molecule is O=C(CCCn1c(SCc2cc(=O)oc3cc(O)ccc23)nc2ccccc2c1=O)NCC1CCCO1. The van der Waals surface area contributed by atoms with E-state index in [1.54, 1.807) is 28.8 Å². The summed E-state index contributed by atoms with van der Waals surface area (Å²) in [4.78, 5) is 42.5. The number of ether oxygens (including phenoxy) is 1. The molecule has 1 saturated heterocycles. The summed E-state index contributed by atoms with van der Waals surface area (Å²) in [5.41, 5.74) is 0.893. The predicted molar refractivity (Wildman–Crippen MR) is 141 cm³/mol. The van der Waals surface area contributed by atoms with E-state index >= 15 is 0 Å². The molecule has 9 nitrogen and oxygen atoms in total. The van der Waals surface area contributed by atoms with Gasteiger partial charge in [-0.1, -0.05) is 23.9 Å². The van der Waals surface area contributed by atoms with Gasteiger partial charge in [0.15, 0.2) is 5.16 Å². The zero-order valence-corrected chi connectivity index (χ0v) is 21.0. The molecule has 2 N–H and O–H groups in total. The van der Waals surface area contributed by atoms with Crippen LogP contribution in [-0.4, -0.2) is 39.8 Å². The number of phenolic OH excluding ortho intramolecular Hbond substituents is 1. The van der Waals surface area contributed by atoms with E-state index in [1.807, 2.05) is 6.07 Å². The highest BCUT2D eigenvalue weighted by molar-refractivity contribution is 7.98. The third-order valence-corrected chi connectivity index (χ3v) is 7.36. The Hall–Kier alpha value is -3.63. The maximum atomic E-state index is 13.3. The lowest BCUT2D eigenvalue weighted by Crippen LogP contribution is -2.32. The minimum atomic E-state index is -0.522. The first-order chi connectivity index (χ1) is 18.0. The molecule has 1 aliphatic rings. The average Bonchev–Trinajstić information content (AvgIpc) is 3.41. The minimum Gasteiger partial charge on any atom is -0.508 e. The van der Waals surface area contributed by atoms with Crippen LogP contribution in [0.5, 0.6) is 5.75 Å². The van der Waals surface area contributed by atoms with Gasteiger partial charge in [-0.05, 0) is 49.1 Å². The Bertz CT molecular complexity index is 1560. The number of nitrogens with zero attached hydrogens (tertiary/aromatic N) is 2. The maximum Gasteiger partial charge on any atom is 0.336 e. The van der Waals surface area contributed by atoms with Crippen LogP contribution in [0, 0.1) is 0 Å². The van der Waals surface area contributed by atoms with Crippen molar-refractivity contribution < 1.29 is 19.1 Å². The van der Waals surface area contributed by atoms with Gasteiger partial charge in [-0.3, -0.25) is 14.2 Å². The second-order valence-corrected chi connectivity index (χ2v) is 9.91. The molecule has 0 aliphatic carbocycles. The second-order valence-electron chi connectivity index (χ2n) is 8.97. The van der Waals surface area contributed by atoms with E-state index in [0.29, 0.717) is 57.9 Å². The van der Waals surface area contributed by atoms with Gasteiger partial charge in [-0.25, -0.2) is 9.78 Å². The molecule has 37 heavy (non-hydrogen) atoms. The van der Waals surface area contributed by atoms with Crippen molar-refractivity contribution in [1.82, 2.24) is 14.9 Å². The maximum absolute atomic E-state index is 13.3. The van der Waals surface area contributed by atoms with E-state index in [1.165, 1.54) is 30.0 Å². The molecule has 0 radical (unpaired) electrons. The van der Waals surface area contributed by atoms with Gasteiger partial charge in [0, 0.05) is 49.4 Å². The minimum absolute atomic E-state index is 0.00490. The van der Waals surface area contributed by atoms with Gasteiger partial charge in [-0.15, -0.1) is 0 Å². The first kappa shape index (κ1) is 25.0. The molecule has 2 aromatic heterocycles. The standard InChI is InChI=1S/C27H27N3O6S/c31-18-9-10-20-17(13-25(33)36-23(20)14-18)16-37-27-29-22-7-2-1-6-21(22)26(34)30(27)11-3-8-24(32)28-15-19-5-4-12-35-19/h1-2,6-7,9-10,13-14,19,31H,3-5,8,11-12,15-16H2,(H,28,32). The number of para-hydroxylation sites is 1. The molecule has 192 valence electrons. The van der Waals surface area contributed by atoms with Gasteiger partial charge in [0.2, 0.25) is 5.91 Å². The number of fused-ring (bicyclic) bond motifs is 2. The van der Waals surface area contributed by atoms with Crippen LogP contribution in [0.3, 0.4) is 0 Å². The van der Waals surface area contributed by atoms with Crippen molar-refractivity contribution in [1.29, 1.82) is 0 Å². The molecule has 2 aromatic carbocycles. The van der Waals surface area contributed by atoms with Crippen LogP contribution in [0.1, 0.15) is 31.2 Å². The number of nitrogens with one attached hydrogen (secondary N) is 1. The van der Waals surface area contributed by atoms with Crippen molar-refractivity contribution in [3.8, 4) is 5.75 Å². The van der Waals surface area contributed by atoms with E-state index in [-0.39, 0.29) is 29.7 Å². The van der Waals surface area contributed by atoms with Crippen LogP contribution in [-0.2, 0) is 21.8 Å². The molecule has 5 rings (SSSR count). The number of phenols is 1. The zero-order chi connectivity index (χ0) is 25.8. The number of hydrogen-bond donors (Lipinski definition) is 2. The average molecular weight is 522 g/mol. The normalized spacial score (nSPS) is 15.4. The van der Waals surface area contributed by atoms with Crippen LogP contribution >= 0.6 is 11.8 Å². The number of aromatic nitrogens is 2. The number of amides is 1. The molecule has 4 aromatic rings. The third-order valence-electron chi connectivity index (χ3n) is 6.33. The Morgan fingerprint density at radius 3 is 2.86 bits per heavy atom. The van der Waals surface area contributed by atoms with E-state index < -0.39 is 5.63 Å². The molecule has 1 unspecified atom stereocenters. The number of carbonyl (C=O) groups excluding carboxylic acids is 1. The molecule has 0 bridgehead atoms.